The van der Waals surface area contributed by atoms with Crippen LogP contribution in [0.15, 0.2) is 72.8 Å². The molecule has 0 N–H and O–H groups in total. The number of carbonyl (C=O) groups excluding carboxylic acids is 2. The predicted octanol–water partition coefficient (Wildman–Crippen LogP) is 7.00. The minimum atomic E-state index is -4.50. The van der Waals surface area contributed by atoms with E-state index >= 15 is 0 Å². The van der Waals surface area contributed by atoms with Gasteiger partial charge in [0.15, 0.2) is 0 Å². The number of amides is 3. The van der Waals surface area contributed by atoms with E-state index in [4.69, 9.17) is 16.3 Å². The highest BCUT2D eigenvalue weighted by atomic mass is 35.5. The summed E-state index contributed by atoms with van der Waals surface area (Å²) in [7, 11) is 3.32. The van der Waals surface area contributed by atoms with Gasteiger partial charge in [0.25, 0.3) is 0 Å². The quantitative estimate of drug-likeness (QED) is 0.306. The molecule has 0 aliphatic carbocycles. The summed E-state index contributed by atoms with van der Waals surface area (Å²) in [6, 6.07) is 17.7. The van der Waals surface area contributed by atoms with Gasteiger partial charge >= 0.3 is 12.2 Å². The second kappa shape index (κ2) is 11.3. The summed E-state index contributed by atoms with van der Waals surface area (Å²) in [6.45, 7) is 0.501. The fourth-order valence-electron chi connectivity index (χ4n) is 4.27. The molecule has 1 aliphatic heterocycles. The molecule has 3 aromatic carbocycles. The number of rotatable bonds is 8. The Bertz CT molecular complexity index is 1280. The molecule has 0 spiro atoms. The van der Waals surface area contributed by atoms with Gasteiger partial charge in [0, 0.05) is 44.3 Å². The molecule has 1 heterocycles. The van der Waals surface area contributed by atoms with Gasteiger partial charge in [-0.05, 0) is 72.6 Å². The molecule has 4 rings (SSSR count). The Labute approximate surface area is 224 Å². The molecule has 1 unspecified atom stereocenters. The average Bonchev–Trinajstić information content (AvgIpc) is 3.21. The normalized spacial score (nSPS) is 15.6. The third-order valence-corrected chi connectivity index (χ3v) is 6.51. The van der Waals surface area contributed by atoms with Crippen LogP contribution < -0.4 is 9.64 Å². The minimum Gasteiger partial charge on any atom is -0.457 e. The van der Waals surface area contributed by atoms with Crippen LogP contribution in [0.2, 0.25) is 5.02 Å². The smallest absolute Gasteiger partial charge is 0.416 e. The van der Waals surface area contributed by atoms with E-state index in [1.807, 2.05) is 0 Å². The van der Waals surface area contributed by atoms with Crippen molar-refractivity contribution in [1.82, 2.24) is 9.80 Å². The van der Waals surface area contributed by atoms with Gasteiger partial charge in [0.2, 0.25) is 5.91 Å². The summed E-state index contributed by atoms with van der Waals surface area (Å²) in [4.78, 5) is 30.0. The van der Waals surface area contributed by atoms with Crippen LogP contribution in [0, 0.1) is 0 Å². The van der Waals surface area contributed by atoms with Crippen LogP contribution in [-0.4, -0.2) is 48.9 Å². The van der Waals surface area contributed by atoms with E-state index in [0.29, 0.717) is 40.7 Å². The second-order valence-electron chi connectivity index (χ2n) is 9.18. The molecule has 3 amide bonds. The zero-order chi connectivity index (χ0) is 27.4. The first-order chi connectivity index (χ1) is 18.0. The number of carbonyl (C=O) groups is 2. The van der Waals surface area contributed by atoms with Gasteiger partial charge in [0.1, 0.15) is 11.5 Å². The first kappa shape index (κ1) is 27.3. The number of hydrogen-bond acceptors (Lipinski definition) is 3. The third-order valence-electron chi connectivity index (χ3n) is 6.26. The lowest BCUT2D eigenvalue weighted by Gasteiger charge is -2.24. The van der Waals surface area contributed by atoms with Gasteiger partial charge in [-0.15, -0.1) is 0 Å². The highest BCUT2D eigenvalue weighted by Gasteiger charge is 2.40. The van der Waals surface area contributed by atoms with E-state index in [0.717, 1.165) is 12.1 Å². The van der Waals surface area contributed by atoms with Crippen LogP contribution >= 0.6 is 11.6 Å². The molecule has 10 heteroatoms. The van der Waals surface area contributed by atoms with Gasteiger partial charge in [-0.1, -0.05) is 23.7 Å². The van der Waals surface area contributed by atoms with Crippen LogP contribution in [0.5, 0.6) is 11.5 Å². The summed E-state index contributed by atoms with van der Waals surface area (Å²) in [5, 5.41) is 0.580. The molecule has 0 saturated carbocycles. The van der Waals surface area contributed by atoms with E-state index in [1.54, 1.807) is 73.6 Å². The van der Waals surface area contributed by atoms with Crippen LogP contribution in [-0.2, 0) is 11.0 Å². The summed E-state index contributed by atoms with van der Waals surface area (Å²) in [6.07, 6.45) is -3.79. The number of ether oxygens (including phenoxy) is 1. The summed E-state index contributed by atoms with van der Waals surface area (Å²) < 4.78 is 46.1. The fraction of sp³-hybridized carbons (Fsp3) is 0.286. The topological polar surface area (TPSA) is 53.1 Å². The highest BCUT2D eigenvalue weighted by molar-refractivity contribution is 6.30. The van der Waals surface area contributed by atoms with Crippen molar-refractivity contribution in [1.29, 1.82) is 0 Å². The van der Waals surface area contributed by atoms with Gasteiger partial charge in [-0.2, -0.15) is 13.2 Å². The lowest BCUT2D eigenvalue weighted by molar-refractivity contribution is -0.137. The number of nitrogens with zero attached hydrogens (tertiary/aromatic N) is 3. The van der Waals surface area contributed by atoms with Crippen LogP contribution in [0.1, 0.15) is 30.0 Å². The van der Waals surface area contributed by atoms with E-state index < -0.39 is 17.8 Å². The van der Waals surface area contributed by atoms with Crippen LogP contribution in [0.25, 0.3) is 0 Å². The molecule has 6 nitrogen and oxygen atoms in total. The molecule has 1 saturated heterocycles. The van der Waals surface area contributed by atoms with Gasteiger partial charge in [-0.3, -0.25) is 9.69 Å². The molecule has 38 heavy (non-hydrogen) atoms. The van der Waals surface area contributed by atoms with Crippen molar-refractivity contribution in [2.75, 3.05) is 32.1 Å². The Hall–Kier alpha value is -3.72. The molecule has 200 valence electrons. The van der Waals surface area contributed by atoms with E-state index in [9.17, 15) is 22.8 Å². The largest absolute Gasteiger partial charge is 0.457 e. The number of halogens is 4. The zero-order valence-electron chi connectivity index (χ0n) is 20.9. The average molecular weight is 546 g/mol. The third kappa shape index (κ3) is 6.39. The molecule has 1 fully saturated rings. The van der Waals surface area contributed by atoms with Gasteiger partial charge < -0.3 is 14.5 Å². The molecular weight excluding hydrogens is 519 g/mol. The summed E-state index contributed by atoms with van der Waals surface area (Å²) >= 11 is 5.92. The van der Waals surface area contributed by atoms with Crippen molar-refractivity contribution in [3.8, 4) is 11.5 Å². The maximum atomic E-state index is 13.5. The molecule has 0 aromatic heterocycles. The number of urea groups is 1. The van der Waals surface area contributed by atoms with Crippen molar-refractivity contribution >= 4 is 29.2 Å². The number of benzene rings is 3. The zero-order valence-corrected chi connectivity index (χ0v) is 21.7. The first-order valence-corrected chi connectivity index (χ1v) is 12.4. The van der Waals surface area contributed by atoms with E-state index in [1.165, 1.54) is 15.9 Å². The number of anilines is 1. The number of hydrogen-bond donors (Lipinski definition) is 0. The van der Waals surface area contributed by atoms with Crippen molar-refractivity contribution in [2.24, 2.45) is 0 Å². The predicted molar refractivity (Wildman–Crippen MR) is 140 cm³/mol. The Balaban J connectivity index is 1.59. The minimum absolute atomic E-state index is 0.0563. The fourth-order valence-corrected chi connectivity index (χ4v) is 4.39. The molecule has 1 aliphatic rings. The maximum absolute atomic E-state index is 13.5. The Morgan fingerprint density at radius 1 is 1.03 bits per heavy atom. The first-order valence-electron chi connectivity index (χ1n) is 12.0. The van der Waals surface area contributed by atoms with Crippen molar-refractivity contribution in [3.63, 3.8) is 0 Å². The molecular formula is C28H27ClF3N3O3. The van der Waals surface area contributed by atoms with E-state index in [2.05, 4.69) is 0 Å². The van der Waals surface area contributed by atoms with Crippen molar-refractivity contribution < 1.29 is 27.5 Å². The van der Waals surface area contributed by atoms with Gasteiger partial charge in [-0.25, -0.2) is 4.79 Å². The molecule has 1 atom stereocenters. The van der Waals surface area contributed by atoms with Crippen molar-refractivity contribution in [2.45, 2.75) is 25.1 Å². The highest BCUT2D eigenvalue weighted by Crippen LogP contribution is 2.38. The van der Waals surface area contributed by atoms with Crippen LogP contribution in [0.4, 0.5) is 23.7 Å². The number of alkyl halides is 3. The summed E-state index contributed by atoms with van der Waals surface area (Å²) in [5.74, 6) is 1.05. The summed E-state index contributed by atoms with van der Waals surface area (Å²) in [5.41, 5.74) is 0.124. The SMILES string of the molecule is CN(C)C(=O)CCCN1CC(c2cccc(C(F)(F)F)c2)N(c2ccc(Oc3ccc(Cl)cc3)cc2)C1=O. The maximum Gasteiger partial charge on any atom is 0.416 e. The molecule has 3 aromatic rings. The van der Waals surface area contributed by atoms with Crippen LogP contribution in [0.3, 0.4) is 0 Å². The Morgan fingerprint density at radius 2 is 1.66 bits per heavy atom. The Morgan fingerprint density at radius 3 is 2.26 bits per heavy atom. The van der Waals surface area contributed by atoms with Gasteiger partial charge in [0.05, 0.1) is 11.6 Å². The monoisotopic (exact) mass is 545 g/mol. The molecule has 0 radical (unpaired) electrons. The second-order valence-corrected chi connectivity index (χ2v) is 9.62. The van der Waals surface area contributed by atoms with E-state index in [-0.39, 0.29) is 24.9 Å². The van der Waals surface area contributed by atoms with Crippen molar-refractivity contribution in [3.05, 3.63) is 88.9 Å². The standard InChI is InChI=1S/C28H27ClF3N3O3/c1-33(2)26(36)7-4-16-34-18-25(19-5-3-6-20(17-19)28(30,31)32)35(27(34)37)22-10-14-24(15-11-22)38-23-12-8-21(29)9-13-23/h3,5-6,8-15,17,25H,4,7,16,18H2,1-2H3. The lowest BCUT2D eigenvalue weighted by Crippen LogP contribution is -2.33. The Kier molecular flexibility index (Phi) is 8.16. The molecule has 0 bridgehead atoms. The lowest BCUT2D eigenvalue weighted by atomic mass is 10.0.